The lowest BCUT2D eigenvalue weighted by Gasteiger charge is -2.09. The Hall–Kier alpha value is -2.34. The van der Waals surface area contributed by atoms with E-state index in [9.17, 15) is 0 Å². The number of methoxy groups -OCH3 is 1. The van der Waals surface area contributed by atoms with Crippen molar-refractivity contribution in [3.8, 4) is 5.75 Å². The first-order chi connectivity index (χ1) is 9.78. The zero-order valence-electron chi connectivity index (χ0n) is 11.0. The third kappa shape index (κ3) is 2.37. The maximum Gasteiger partial charge on any atom is 0.147 e. The first-order valence-electron chi connectivity index (χ1n) is 6.12. The van der Waals surface area contributed by atoms with Crippen LogP contribution in [0.15, 0.2) is 36.0 Å². The minimum atomic E-state index is 0.635. The van der Waals surface area contributed by atoms with Crippen LogP contribution in [0.4, 0.5) is 11.5 Å². The van der Waals surface area contributed by atoms with Crippen LogP contribution in [0.3, 0.4) is 0 Å². The predicted octanol–water partition coefficient (Wildman–Crippen LogP) is 2.89. The lowest BCUT2D eigenvalue weighted by Crippen LogP contribution is -2.03. The van der Waals surface area contributed by atoms with Gasteiger partial charge in [0.1, 0.15) is 17.9 Å². The monoisotopic (exact) mass is 286 g/mol. The molecule has 0 aliphatic heterocycles. The fourth-order valence-electron chi connectivity index (χ4n) is 1.99. The summed E-state index contributed by atoms with van der Waals surface area (Å²) in [6.07, 6.45) is 1.57. The molecule has 0 spiro atoms. The summed E-state index contributed by atoms with van der Waals surface area (Å²) in [4.78, 5) is 8.50. The molecule has 0 aliphatic rings. The minimum Gasteiger partial charge on any atom is -0.495 e. The van der Waals surface area contributed by atoms with Crippen LogP contribution < -0.4 is 15.8 Å². The molecule has 0 atom stereocenters. The van der Waals surface area contributed by atoms with Crippen molar-refractivity contribution in [2.45, 2.75) is 6.54 Å². The largest absolute Gasteiger partial charge is 0.495 e. The first kappa shape index (κ1) is 12.7. The van der Waals surface area contributed by atoms with Crippen molar-refractivity contribution < 1.29 is 4.74 Å². The minimum absolute atomic E-state index is 0.635. The molecule has 3 rings (SSSR count). The zero-order chi connectivity index (χ0) is 13.9. The van der Waals surface area contributed by atoms with Crippen LogP contribution in [-0.2, 0) is 6.54 Å². The Bertz CT molecular complexity index is 741. The lowest BCUT2D eigenvalue weighted by atomic mass is 10.2. The van der Waals surface area contributed by atoms with E-state index in [1.165, 1.54) is 0 Å². The number of hydrogen-bond acceptors (Lipinski definition) is 6. The number of aromatic nitrogens is 2. The SMILES string of the molecule is COc1ccc(CNc2ncnc3ccsc23)cc1N. The molecule has 2 aromatic heterocycles. The van der Waals surface area contributed by atoms with Gasteiger partial charge in [0, 0.05) is 6.54 Å². The molecule has 0 unspecified atom stereocenters. The number of benzene rings is 1. The number of nitrogens with one attached hydrogen (secondary N) is 1. The quantitative estimate of drug-likeness (QED) is 0.721. The molecule has 0 saturated heterocycles. The summed E-state index contributed by atoms with van der Waals surface area (Å²) in [6, 6.07) is 7.74. The molecular weight excluding hydrogens is 272 g/mol. The number of ether oxygens (including phenoxy) is 1. The summed E-state index contributed by atoms with van der Waals surface area (Å²) >= 11 is 1.63. The fourth-order valence-corrected chi connectivity index (χ4v) is 2.81. The number of hydrogen-bond donors (Lipinski definition) is 2. The van der Waals surface area contributed by atoms with Crippen molar-refractivity contribution in [3.05, 3.63) is 41.5 Å². The predicted molar refractivity (Wildman–Crippen MR) is 82.1 cm³/mol. The van der Waals surface area contributed by atoms with Gasteiger partial charge in [-0.25, -0.2) is 9.97 Å². The maximum atomic E-state index is 5.90. The molecule has 5 nitrogen and oxygen atoms in total. The van der Waals surface area contributed by atoms with Gasteiger partial charge in [-0.15, -0.1) is 11.3 Å². The second kappa shape index (κ2) is 5.34. The first-order valence-corrected chi connectivity index (χ1v) is 7.00. The molecule has 6 heteroatoms. The molecule has 20 heavy (non-hydrogen) atoms. The normalized spacial score (nSPS) is 10.7. The third-order valence-electron chi connectivity index (χ3n) is 3.00. The molecule has 0 amide bonds. The number of thiophene rings is 1. The highest BCUT2D eigenvalue weighted by atomic mass is 32.1. The van der Waals surface area contributed by atoms with E-state index in [1.807, 2.05) is 29.6 Å². The van der Waals surface area contributed by atoms with E-state index in [4.69, 9.17) is 10.5 Å². The average molecular weight is 286 g/mol. The molecule has 0 saturated carbocycles. The van der Waals surface area contributed by atoms with Gasteiger partial charge in [0.2, 0.25) is 0 Å². The zero-order valence-corrected chi connectivity index (χ0v) is 11.8. The van der Waals surface area contributed by atoms with Crippen molar-refractivity contribution in [2.75, 3.05) is 18.2 Å². The number of fused-ring (bicyclic) bond motifs is 1. The number of nitrogen functional groups attached to an aromatic ring is 1. The summed E-state index contributed by atoms with van der Waals surface area (Å²) in [5.74, 6) is 1.54. The van der Waals surface area contributed by atoms with Gasteiger partial charge in [-0.2, -0.15) is 0 Å². The fraction of sp³-hybridized carbons (Fsp3) is 0.143. The standard InChI is InChI=1S/C14H14N4OS/c1-19-12-3-2-9(6-10(12)15)7-16-14-13-11(4-5-20-13)17-8-18-14/h2-6,8H,7,15H2,1H3,(H,16,17,18). The second-order valence-electron chi connectivity index (χ2n) is 4.29. The van der Waals surface area contributed by atoms with Crippen molar-refractivity contribution in [1.29, 1.82) is 0 Å². The smallest absolute Gasteiger partial charge is 0.147 e. The molecule has 3 aromatic rings. The topological polar surface area (TPSA) is 73.1 Å². The molecule has 2 heterocycles. The van der Waals surface area contributed by atoms with Crippen LogP contribution in [-0.4, -0.2) is 17.1 Å². The van der Waals surface area contributed by atoms with Gasteiger partial charge in [0.05, 0.1) is 23.0 Å². The number of rotatable bonds is 4. The Kier molecular flexibility index (Phi) is 3.39. The van der Waals surface area contributed by atoms with E-state index in [0.717, 1.165) is 21.6 Å². The summed E-state index contributed by atoms with van der Waals surface area (Å²) < 4.78 is 6.21. The Labute approximate surface area is 120 Å². The lowest BCUT2D eigenvalue weighted by molar-refractivity contribution is 0.417. The molecular formula is C14H14N4OS. The van der Waals surface area contributed by atoms with Gasteiger partial charge < -0.3 is 15.8 Å². The molecule has 1 aromatic carbocycles. The second-order valence-corrected chi connectivity index (χ2v) is 5.20. The molecule has 3 N–H and O–H groups in total. The van der Waals surface area contributed by atoms with Gasteiger partial charge in [-0.1, -0.05) is 6.07 Å². The number of nitrogens with two attached hydrogens (primary N) is 1. The average Bonchev–Trinajstić information content (AvgIpc) is 2.94. The summed E-state index contributed by atoms with van der Waals surface area (Å²) in [6.45, 7) is 0.651. The highest BCUT2D eigenvalue weighted by molar-refractivity contribution is 7.17. The Morgan fingerprint density at radius 3 is 3.00 bits per heavy atom. The van der Waals surface area contributed by atoms with Crippen LogP contribution >= 0.6 is 11.3 Å². The van der Waals surface area contributed by atoms with E-state index in [1.54, 1.807) is 24.8 Å². The molecule has 0 bridgehead atoms. The van der Waals surface area contributed by atoms with E-state index < -0.39 is 0 Å². The molecule has 102 valence electrons. The van der Waals surface area contributed by atoms with E-state index >= 15 is 0 Å². The highest BCUT2D eigenvalue weighted by Crippen LogP contribution is 2.26. The Morgan fingerprint density at radius 2 is 2.20 bits per heavy atom. The van der Waals surface area contributed by atoms with E-state index in [-0.39, 0.29) is 0 Å². The van der Waals surface area contributed by atoms with E-state index in [2.05, 4.69) is 15.3 Å². The van der Waals surface area contributed by atoms with Crippen LogP contribution in [0.25, 0.3) is 10.2 Å². The van der Waals surface area contributed by atoms with Gasteiger partial charge in [-0.3, -0.25) is 0 Å². The Balaban J connectivity index is 1.79. The van der Waals surface area contributed by atoms with Gasteiger partial charge >= 0.3 is 0 Å². The maximum absolute atomic E-state index is 5.90. The molecule has 0 fully saturated rings. The number of nitrogens with zero attached hydrogens (tertiary/aromatic N) is 2. The Morgan fingerprint density at radius 1 is 1.30 bits per heavy atom. The summed E-state index contributed by atoms with van der Waals surface area (Å²) in [5.41, 5.74) is 8.57. The van der Waals surface area contributed by atoms with Gasteiger partial charge in [0.15, 0.2) is 0 Å². The third-order valence-corrected chi connectivity index (χ3v) is 3.91. The summed E-state index contributed by atoms with van der Waals surface area (Å²) in [5, 5.41) is 5.33. The van der Waals surface area contributed by atoms with Crippen LogP contribution in [0.2, 0.25) is 0 Å². The van der Waals surface area contributed by atoms with Crippen molar-refractivity contribution >= 4 is 33.1 Å². The van der Waals surface area contributed by atoms with Crippen LogP contribution in [0.1, 0.15) is 5.56 Å². The van der Waals surface area contributed by atoms with Crippen LogP contribution in [0, 0.1) is 0 Å². The highest BCUT2D eigenvalue weighted by Gasteiger charge is 2.05. The van der Waals surface area contributed by atoms with Gasteiger partial charge in [0.25, 0.3) is 0 Å². The van der Waals surface area contributed by atoms with Crippen molar-refractivity contribution in [2.24, 2.45) is 0 Å². The molecule has 0 aliphatic carbocycles. The summed E-state index contributed by atoms with van der Waals surface area (Å²) in [7, 11) is 1.61. The van der Waals surface area contributed by atoms with Crippen molar-refractivity contribution in [3.63, 3.8) is 0 Å². The van der Waals surface area contributed by atoms with Crippen molar-refractivity contribution in [1.82, 2.24) is 9.97 Å². The van der Waals surface area contributed by atoms with E-state index in [0.29, 0.717) is 18.0 Å². The number of anilines is 2. The van der Waals surface area contributed by atoms with Gasteiger partial charge in [-0.05, 0) is 29.1 Å². The van der Waals surface area contributed by atoms with Crippen LogP contribution in [0.5, 0.6) is 5.75 Å². The molecule has 0 radical (unpaired) electrons.